The van der Waals surface area contributed by atoms with Crippen LogP contribution in [-0.2, 0) is 0 Å². The van der Waals surface area contributed by atoms with Crippen LogP contribution in [0.5, 0.6) is 0 Å². The Hall–Kier alpha value is -5.86. The van der Waals surface area contributed by atoms with E-state index in [0.29, 0.717) is 0 Å². The molecule has 0 saturated carbocycles. The van der Waals surface area contributed by atoms with Crippen LogP contribution >= 0.6 is 0 Å². The Bertz CT molecular complexity index is 2510. The summed E-state index contributed by atoms with van der Waals surface area (Å²) in [7, 11) is 0. The van der Waals surface area contributed by atoms with Crippen LogP contribution in [-0.4, -0.2) is 9.13 Å². The molecule has 0 atom stereocenters. The van der Waals surface area contributed by atoms with E-state index in [1.165, 1.54) is 82.8 Å². The third-order valence-electron chi connectivity index (χ3n) is 9.19. The smallest absolute Gasteiger partial charge is 0.0547 e. The molecule has 0 N–H and O–H groups in total. The van der Waals surface area contributed by atoms with E-state index in [2.05, 4.69) is 180 Å². The van der Waals surface area contributed by atoms with E-state index in [1.807, 2.05) is 0 Å². The topological polar surface area (TPSA) is 9.86 Å². The second kappa shape index (κ2) is 10.1. The summed E-state index contributed by atoms with van der Waals surface area (Å²) in [5.74, 6) is 0. The fourth-order valence-corrected chi connectivity index (χ4v) is 6.99. The highest BCUT2D eigenvalue weighted by atomic mass is 15.0. The lowest BCUT2D eigenvalue weighted by atomic mass is 9.99. The molecule has 7 aromatic carbocycles. The van der Waals surface area contributed by atoms with Crippen LogP contribution in [0.1, 0.15) is 5.56 Å². The number of fused-ring (bicyclic) bond motifs is 6. The van der Waals surface area contributed by atoms with Gasteiger partial charge in [0.2, 0.25) is 0 Å². The molecule has 0 fully saturated rings. The fraction of sp³-hybridized carbons (Fsp3) is 0.0233. The first kappa shape index (κ1) is 25.6. The number of aromatic nitrogens is 2. The molecule has 2 nitrogen and oxygen atoms in total. The molecule has 0 unspecified atom stereocenters. The van der Waals surface area contributed by atoms with Gasteiger partial charge in [0, 0.05) is 32.9 Å². The second-order valence-corrected chi connectivity index (χ2v) is 11.9. The molecule has 0 radical (unpaired) electrons. The molecule has 0 amide bonds. The van der Waals surface area contributed by atoms with Crippen molar-refractivity contribution in [1.29, 1.82) is 0 Å². The first-order valence-electron chi connectivity index (χ1n) is 15.5. The van der Waals surface area contributed by atoms with E-state index < -0.39 is 0 Å². The highest BCUT2D eigenvalue weighted by molar-refractivity contribution is 6.13. The van der Waals surface area contributed by atoms with Gasteiger partial charge in [0.1, 0.15) is 0 Å². The molecule has 0 bridgehead atoms. The summed E-state index contributed by atoms with van der Waals surface area (Å²) in [5, 5.41) is 5.05. The van der Waals surface area contributed by atoms with Crippen LogP contribution in [0.3, 0.4) is 0 Å². The molecule has 0 aliphatic rings. The van der Waals surface area contributed by atoms with Gasteiger partial charge >= 0.3 is 0 Å². The average molecular weight is 575 g/mol. The van der Waals surface area contributed by atoms with Crippen LogP contribution in [0.15, 0.2) is 164 Å². The Morgan fingerprint density at radius 3 is 1.49 bits per heavy atom. The Morgan fingerprint density at radius 1 is 0.311 bits per heavy atom. The van der Waals surface area contributed by atoms with Crippen molar-refractivity contribution in [3.63, 3.8) is 0 Å². The van der Waals surface area contributed by atoms with Gasteiger partial charge in [0.25, 0.3) is 0 Å². The van der Waals surface area contributed by atoms with E-state index in [4.69, 9.17) is 0 Å². The van der Waals surface area contributed by atoms with E-state index in [-0.39, 0.29) is 0 Å². The number of para-hydroxylation sites is 2. The first-order chi connectivity index (χ1) is 22.2. The number of aryl methyl sites for hydroxylation is 1. The fourth-order valence-electron chi connectivity index (χ4n) is 6.99. The summed E-state index contributed by atoms with van der Waals surface area (Å²) in [6, 6.07) is 59.7. The van der Waals surface area contributed by atoms with Crippen LogP contribution in [0.4, 0.5) is 0 Å². The summed E-state index contributed by atoms with van der Waals surface area (Å²) in [5.41, 5.74) is 13.4. The molecule has 45 heavy (non-hydrogen) atoms. The van der Waals surface area contributed by atoms with Gasteiger partial charge in [-0.05, 0) is 89.8 Å². The number of nitrogens with zero attached hydrogens (tertiary/aromatic N) is 2. The molecular formula is C43H30N2. The minimum absolute atomic E-state index is 1.17. The van der Waals surface area contributed by atoms with Crippen molar-refractivity contribution in [2.75, 3.05) is 0 Å². The Labute approximate surface area is 262 Å². The third kappa shape index (κ3) is 4.11. The quantitative estimate of drug-likeness (QED) is 0.198. The van der Waals surface area contributed by atoms with Crippen LogP contribution in [0.2, 0.25) is 0 Å². The molecule has 2 heteroatoms. The van der Waals surface area contributed by atoms with Gasteiger partial charge in [-0.3, -0.25) is 0 Å². The predicted molar refractivity (Wildman–Crippen MR) is 191 cm³/mol. The third-order valence-corrected chi connectivity index (χ3v) is 9.19. The van der Waals surface area contributed by atoms with Gasteiger partial charge < -0.3 is 9.13 Å². The molecule has 212 valence electrons. The predicted octanol–water partition coefficient (Wildman–Crippen LogP) is 11.5. The van der Waals surface area contributed by atoms with E-state index in [1.54, 1.807) is 0 Å². The van der Waals surface area contributed by atoms with Crippen molar-refractivity contribution in [2.45, 2.75) is 6.92 Å². The van der Waals surface area contributed by atoms with Crippen molar-refractivity contribution >= 4 is 43.6 Å². The van der Waals surface area contributed by atoms with Gasteiger partial charge in [-0.2, -0.15) is 0 Å². The van der Waals surface area contributed by atoms with Gasteiger partial charge in [0.15, 0.2) is 0 Å². The number of hydrogen-bond donors (Lipinski definition) is 0. The van der Waals surface area contributed by atoms with Crippen LogP contribution < -0.4 is 0 Å². The van der Waals surface area contributed by atoms with Crippen molar-refractivity contribution in [2.24, 2.45) is 0 Å². The standard InChI is InChI=1S/C43H30N2/c1-29-16-21-35(22-17-29)44-40-15-9-8-14-36(40)38-26-31(19-24-41(38)44)32-20-25-42-39(27-32)37-23-18-33(30-10-4-2-5-11-30)28-43(37)45(42)34-12-6-3-7-13-34/h2-28H,1H3. The zero-order chi connectivity index (χ0) is 29.9. The average Bonchev–Trinajstić information content (AvgIpc) is 3.61. The van der Waals surface area contributed by atoms with Crippen molar-refractivity contribution in [1.82, 2.24) is 9.13 Å². The normalized spacial score (nSPS) is 11.7. The second-order valence-electron chi connectivity index (χ2n) is 11.9. The summed E-state index contributed by atoms with van der Waals surface area (Å²) < 4.78 is 4.79. The molecule has 2 heterocycles. The van der Waals surface area contributed by atoms with Crippen LogP contribution in [0.25, 0.3) is 77.2 Å². The molecule has 2 aromatic heterocycles. The Balaban J connectivity index is 1.25. The van der Waals surface area contributed by atoms with Gasteiger partial charge in [-0.1, -0.05) is 109 Å². The maximum Gasteiger partial charge on any atom is 0.0547 e. The summed E-state index contributed by atoms with van der Waals surface area (Å²) in [6.07, 6.45) is 0. The lowest BCUT2D eigenvalue weighted by Crippen LogP contribution is -1.94. The molecule has 0 aliphatic heterocycles. The largest absolute Gasteiger partial charge is 0.309 e. The SMILES string of the molecule is Cc1ccc(-n2c3ccccc3c3cc(-c4ccc5c(c4)c4ccc(-c6ccccc6)cc4n5-c4ccccc4)ccc32)cc1. The Kier molecular flexibility index (Phi) is 5.76. The zero-order valence-electron chi connectivity index (χ0n) is 25.0. The molecule has 0 saturated heterocycles. The lowest BCUT2D eigenvalue weighted by molar-refractivity contribution is 1.17. The minimum Gasteiger partial charge on any atom is -0.309 e. The van der Waals surface area contributed by atoms with Gasteiger partial charge in [0.05, 0.1) is 22.1 Å². The van der Waals surface area contributed by atoms with Gasteiger partial charge in [-0.25, -0.2) is 0 Å². The Morgan fingerprint density at radius 2 is 0.800 bits per heavy atom. The van der Waals surface area contributed by atoms with Crippen molar-refractivity contribution in [3.05, 3.63) is 169 Å². The number of hydrogen-bond acceptors (Lipinski definition) is 0. The summed E-state index contributed by atoms with van der Waals surface area (Å²) in [6.45, 7) is 2.14. The number of rotatable bonds is 4. The van der Waals surface area contributed by atoms with Gasteiger partial charge in [-0.15, -0.1) is 0 Å². The van der Waals surface area contributed by atoms with E-state index in [0.717, 1.165) is 0 Å². The van der Waals surface area contributed by atoms with Crippen molar-refractivity contribution < 1.29 is 0 Å². The van der Waals surface area contributed by atoms with Crippen LogP contribution in [0, 0.1) is 6.92 Å². The highest BCUT2D eigenvalue weighted by Crippen LogP contribution is 2.39. The molecule has 0 spiro atoms. The molecular weight excluding hydrogens is 544 g/mol. The maximum absolute atomic E-state index is 2.40. The highest BCUT2D eigenvalue weighted by Gasteiger charge is 2.16. The molecule has 9 aromatic rings. The maximum atomic E-state index is 2.40. The number of benzene rings is 7. The minimum atomic E-state index is 1.17. The van der Waals surface area contributed by atoms with E-state index in [9.17, 15) is 0 Å². The van der Waals surface area contributed by atoms with E-state index >= 15 is 0 Å². The summed E-state index contributed by atoms with van der Waals surface area (Å²) >= 11 is 0. The van der Waals surface area contributed by atoms with Crippen molar-refractivity contribution in [3.8, 4) is 33.6 Å². The monoisotopic (exact) mass is 574 g/mol. The molecule has 0 aliphatic carbocycles. The zero-order valence-corrected chi connectivity index (χ0v) is 25.0. The first-order valence-corrected chi connectivity index (χ1v) is 15.5. The lowest BCUT2D eigenvalue weighted by Gasteiger charge is -2.10. The summed E-state index contributed by atoms with van der Waals surface area (Å²) in [4.78, 5) is 0. The molecule has 9 rings (SSSR count).